The third-order valence-corrected chi connectivity index (χ3v) is 7.96. The summed E-state index contributed by atoms with van der Waals surface area (Å²) >= 11 is 1.06. The molecule has 13 heteroatoms. The van der Waals surface area contributed by atoms with Crippen molar-refractivity contribution in [1.82, 2.24) is 5.32 Å². The summed E-state index contributed by atoms with van der Waals surface area (Å²) in [7, 11) is -3.36. The molecular formula is C20H24F3N3O5S2. The predicted octanol–water partition coefficient (Wildman–Crippen LogP) is 3.22. The fourth-order valence-electron chi connectivity index (χ4n) is 3.45. The first-order valence-corrected chi connectivity index (χ1v) is 12.8. The largest absolute Gasteiger partial charge is 0.444 e. The standard InChI is InChI=1S/C20H24F3N3O5S2/c1-19(2,3)31-18(28)24-8-7-16(27)25-17-26(14-10-33(29,30)11-15(14)32-17)13-6-4-5-12(9-13)20(21,22)23/h4-6,9,14-15H,7-8,10-11H2,1-3H3,(H,24,28)/t14-,15-/m0/s1. The van der Waals surface area contributed by atoms with Crippen molar-refractivity contribution in [1.29, 1.82) is 0 Å². The minimum atomic E-state index is -4.58. The molecule has 0 aliphatic carbocycles. The number of sulfone groups is 1. The molecule has 2 atom stereocenters. The zero-order chi connectivity index (χ0) is 24.6. The second kappa shape index (κ2) is 9.16. The van der Waals surface area contributed by atoms with Crippen molar-refractivity contribution < 1.29 is 35.9 Å². The lowest BCUT2D eigenvalue weighted by Gasteiger charge is -2.25. The minimum Gasteiger partial charge on any atom is -0.444 e. The molecule has 0 aromatic heterocycles. The number of aliphatic imine (C=N–C) groups is 1. The van der Waals surface area contributed by atoms with E-state index in [0.717, 1.165) is 23.9 Å². The molecule has 0 unspecified atom stereocenters. The Kier molecular flexibility index (Phi) is 7.04. The summed E-state index contributed by atoms with van der Waals surface area (Å²) in [4.78, 5) is 29.5. The molecule has 2 fully saturated rings. The maximum absolute atomic E-state index is 13.2. The number of hydrogen-bond acceptors (Lipinski definition) is 6. The van der Waals surface area contributed by atoms with Gasteiger partial charge >= 0.3 is 12.3 Å². The topological polar surface area (TPSA) is 105 Å². The Bertz CT molecular complexity index is 1070. The van der Waals surface area contributed by atoms with Crippen molar-refractivity contribution in [2.24, 2.45) is 4.99 Å². The summed E-state index contributed by atoms with van der Waals surface area (Å²) in [6.07, 6.45) is -5.43. The Morgan fingerprint density at radius 3 is 2.58 bits per heavy atom. The van der Waals surface area contributed by atoms with Crippen LogP contribution < -0.4 is 10.2 Å². The summed E-state index contributed by atoms with van der Waals surface area (Å²) in [6, 6.07) is 3.85. The first kappa shape index (κ1) is 25.3. The van der Waals surface area contributed by atoms with Crippen molar-refractivity contribution in [3.05, 3.63) is 29.8 Å². The van der Waals surface area contributed by atoms with Gasteiger partial charge < -0.3 is 15.0 Å². The van der Waals surface area contributed by atoms with E-state index in [1.54, 1.807) is 20.8 Å². The molecule has 2 amide bonds. The van der Waals surface area contributed by atoms with Crippen LogP contribution in [0.4, 0.5) is 23.7 Å². The molecule has 0 spiro atoms. The van der Waals surface area contributed by atoms with Crippen molar-refractivity contribution >= 4 is 44.5 Å². The van der Waals surface area contributed by atoms with Crippen LogP contribution in [-0.4, -0.2) is 60.5 Å². The number of hydrogen-bond donors (Lipinski definition) is 1. The van der Waals surface area contributed by atoms with Crippen LogP contribution in [0.5, 0.6) is 0 Å². The van der Waals surface area contributed by atoms with Crippen LogP contribution >= 0.6 is 11.8 Å². The number of rotatable bonds is 4. The van der Waals surface area contributed by atoms with Gasteiger partial charge in [-0.25, -0.2) is 13.2 Å². The van der Waals surface area contributed by atoms with Gasteiger partial charge in [-0.15, -0.1) is 0 Å². The van der Waals surface area contributed by atoms with Crippen molar-refractivity contribution in [2.75, 3.05) is 23.0 Å². The highest BCUT2D eigenvalue weighted by molar-refractivity contribution is 8.16. The zero-order valence-corrected chi connectivity index (χ0v) is 19.8. The predicted molar refractivity (Wildman–Crippen MR) is 119 cm³/mol. The molecule has 182 valence electrons. The van der Waals surface area contributed by atoms with Crippen LogP contribution in [0.15, 0.2) is 29.3 Å². The summed E-state index contributed by atoms with van der Waals surface area (Å²) in [6.45, 7) is 5.04. The Hall–Kier alpha value is -2.28. The van der Waals surface area contributed by atoms with E-state index >= 15 is 0 Å². The molecule has 0 radical (unpaired) electrons. The molecule has 3 rings (SSSR count). The summed E-state index contributed by atoms with van der Waals surface area (Å²) < 4.78 is 68.9. The Labute approximate surface area is 193 Å². The van der Waals surface area contributed by atoms with Crippen molar-refractivity contribution in [3.63, 3.8) is 0 Å². The molecule has 2 aliphatic heterocycles. The summed E-state index contributed by atoms with van der Waals surface area (Å²) in [5.74, 6) is -0.993. The maximum atomic E-state index is 13.2. The number of anilines is 1. The first-order chi connectivity index (χ1) is 15.1. The van der Waals surface area contributed by atoms with Crippen molar-refractivity contribution in [3.8, 4) is 0 Å². The van der Waals surface area contributed by atoms with Gasteiger partial charge in [-0.3, -0.25) is 4.79 Å². The highest BCUT2D eigenvalue weighted by Gasteiger charge is 2.49. The molecule has 33 heavy (non-hydrogen) atoms. The molecule has 1 N–H and O–H groups in total. The third kappa shape index (κ3) is 6.62. The lowest BCUT2D eigenvalue weighted by molar-refractivity contribution is -0.137. The Morgan fingerprint density at radius 1 is 1.24 bits per heavy atom. The number of alkyl halides is 3. The second-order valence-electron chi connectivity index (χ2n) is 8.69. The number of halogens is 3. The molecule has 2 heterocycles. The number of nitrogens with zero attached hydrogens (tertiary/aromatic N) is 2. The van der Waals surface area contributed by atoms with Gasteiger partial charge in [-0.05, 0) is 39.0 Å². The lowest BCUT2D eigenvalue weighted by Crippen LogP contribution is -2.38. The second-order valence-corrected chi connectivity index (χ2v) is 12.0. The van der Waals surface area contributed by atoms with E-state index in [1.165, 1.54) is 17.0 Å². The Balaban J connectivity index is 1.78. The van der Waals surface area contributed by atoms with Crippen LogP contribution in [0.3, 0.4) is 0 Å². The number of benzene rings is 1. The average molecular weight is 508 g/mol. The number of fused-ring (bicyclic) bond motifs is 1. The van der Waals surface area contributed by atoms with Gasteiger partial charge in [0.1, 0.15) is 5.60 Å². The monoisotopic (exact) mass is 507 g/mol. The van der Waals surface area contributed by atoms with E-state index in [2.05, 4.69) is 10.3 Å². The number of amides is 2. The molecule has 0 bridgehead atoms. The van der Waals surface area contributed by atoms with Crippen molar-refractivity contribution in [2.45, 2.75) is 50.3 Å². The zero-order valence-electron chi connectivity index (χ0n) is 18.2. The van der Waals surface area contributed by atoms with Gasteiger partial charge in [0.05, 0.1) is 23.1 Å². The third-order valence-electron chi connectivity index (χ3n) is 4.75. The van der Waals surface area contributed by atoms with Crippen LogP contribution in [0.2, 0.25) is 0 Å². The van der Waals surface area contributed by atoms with E-state index in [-0.39, 0.29) is 35.3 Å². The maximum Gasteiger partial charge on any atom is 0.416 e. The number of carbonyl (C=O) groups excluding carboxylic acids is 2. The number of nitrogens with one attached hydrogen (secondary N) is 1. The van der Waals surface area contributed by atoms with E-state index < -0.39 is 50.5 Å². The number of ether oxygens (including phenoxy) is 1. The van der Waals surface area contributed by atoms with E-state index in [1.807, 2.05) is 0 Å². The van der Waals surface area contributed by atoms with Crippen LogP contribution in [0.1, 0.15) is 32.8 Å². The Morgan fingerprint density at radius 2 is 1.94 bits per heavy atom. The fourth-order valence-corrected chi connectivity index (χ4v) is 7.38. The molecular weight excluding hydrogens is 483 g/mol. The molecule has 8 nitrogen and oxygen atoms in total. The first-order valence-electron chi connectivity index (χ1n) is 10.1. The molecule has 2 saturated heterocycles. The molecule has 0 saturated carbocycles. The average Bonchev–Trinajstić information content (AvgIpc) is 3.10. The number of alkyl carbamates (subject to hydrolysis) is 1. The van der Waals surface area contributed by atoms with E-state index in [0.29, 0.717) is 0 Å². The molecule has 2 aliphatic rings. The normalized spacial score (nSPS) is 23.5. The van der Waals surface area contributed by atoms with E-state index in [4.69, 9.17) is 4.74 Å². The quantitative estimate of drug-likeness (QED) is 0.667. The van der Waals surface area contributed by atoms with Gasteiger partial charge in [0.15, 0.2) is 15.0 Å². The molecule has 1 aromatic carbocycles. The van der Waals surface area contributed by atoms with Gasteiger partial charge in [0.25, 0.3) is 0 Å². The fraction of sp³-hybridized carbons (Fsp3) is 0.550. The summed E-state index contributed by atoms with van der Waals surface area (Å²) in [5, 5.41) is 2.13. The minimum absolute atomic E-state index is 0.0417. The van der Waals surface area contributed by atoms with E-state index in [9.17, 15) is 31.2 Å². The molecule has 1 aromatic rings. The van der Waals surface area contributed by atoms with Crippen LogP contribution in [0, 0.1) is 0 Å². The highest BCUT2D eigenvalue weighted by atomic mass is 32.2. The highest BCUT2D eigenvalue weighted by Crippen LogP contribution is 2.42. The van der Waals surface area contributed by atoms with Gasteiger partial charge in [0.2, 0.25) is 5.91 Å². The van der Waals surface area contributed by atoms with Gasteiger partial charge in [-0.1, -0.05) is 17.8 Å². The SMILES string of the molecule is CC(C)(C)OC(=O)NCCC(=O)N=C1S[C@H]2CS(=O)(=O)C[C@@H]2N1c1cccc(C(F)(F)F)c1. The van der Waals surface area contributed by atoms with Gasteiger partial charge in [-0.2, -0.15) is 18.2 Å². The van der Waals surface area contributed by atoms with Crippen LogP contribution in [0.25, 0.3) is 0 Å². The summed E-state index contributed by atoms with van der Waals surface area (Å²) in [5.41, 5.74) is -1.47. The lowest BCUT2D eigenvalue weighted by atomic mass is 10.1. The van der Waals surface area contributed by atoms with Gasteiger partial charge in [0, 0.05) is 23.9 Å². The van der Waals surface area contributed by atoms with Crippen LogP contribution in [-0.2, 0) is 25.5 Å². The number of amidine groups is 1. The number of thioether (sulfide) groups is 1. The smallest absolute Gasteiger partial charge is 0.416 e. The number of carbonyl (C=O) groups is 2.